The summed E-state index contributed by atoms with van der Waals surface area (Å²) in [5.74, 6) is -0.277. The molecule has 12 heteroatoms. The standard InChI is InChI=1S/C21H17N5O6S/c27-20(14-1-5-16(6-2-14)25(28)29)19-13-18(21(33-19)24-9-11-32-12-10-24)23-22-15-3-7-17(8-4-15)26(30)31/h1-8,13H,9-12H2. The normalized spacial score (nSPS) is 13.9. The Balaban J connectivity index is 1.64. The summed E-state index contributed by atoms with van der Waals surface area (Å²) < 4.78 is 5.41. The third-order valence-electron chi connectivity index (χ3n) is 4.89. The number of nitrogens with zero attached hydrogens (tertiary/aromatic N) is 5. The number of anilines is 1. The minimum atomic E-state index is -0.521. The summed E-state index contributed by atoms with van der Waals surface area (Å²) in [7, 11) is 0. The Labute approximate surface area is 191 Å². The molecule has 2 heterocycles. The van der Waals surface area contributed by atoms with Gasteiger partial charge >= 0.3 is 0 Å². The quantitative estimate of drug-likeness (QED) is 0.205. The molecule has 168 valence electrons. The average molecular weight is 467 g/mol. The molecule has 11 nitrogen and oxygen atoms in total. The number of non-ortho nitro benzene ring substituents is 2. The largest absolute Gasteiger partial charge is 0.378 e. The molecule has 0 saturated carbocycles. The van der Waals surface area contributed by atoms with Gasteiger partial charge in [0.25, 0.3) is 11.4 Å². The predicted molar refractivity (Wildman–Crippen MR) is 121 cm³/mol. The summed E-state index contributed by atoms with van der Waals surface area (Å²) in [4.78, 5) is 36.2. The van der Waals surface area contributed by atoms with Gasteiger partial charge in [0.2, 0.25) is 5.78 Å². The van der Waals surface area contributed by atoms with Crippen LogP contribution in [0.25, 0.3) is 0 Å². The highest BCUT2D eigenvalue weighted by Gasteiger charge is 2.22. The van der Waals surface area contributed by atoms with Crippen molar-refractivity contribution in [2.75, 3.05) is 31.2 Å². The van der Waals surface area contributed by atoms with Crippen LogP contribution in [0.3, 0.4) is 0 Å². The van der Waals surface area contributed by atoms with Crippen molar-refractivity contribution in [3.05, 3.63) is 85.3 Å². The van der Waals surface area contributed by atoms with Crippen LogP contribution in [0.4, 0.5) is 27.8 Å². The van der Waals surface area contributed by atoms with Gasteiger partial charge in [0.1, 0.15) is 10.7 Å². The summed E-state index contributed by atoms with van der Waals surface area (Å²) in [6.07, 6.45) is 0. The Morgan fingerprint density at radius 1 is 0.909 bits per heavy atom. The van der Waals surface area contributed by atoms with E-state index in [1.54, 1.807) is 6.07 Å². The molecule has 1 saturated heterocycles. The molecule has 2 aromatic carbocycles. The van der Waals surface area contributed by atoms with Crippen LogP contribution in [-0.2, 0) is 4.74 Å². The third-order valence-corrected chi connectivity index (χ3v) is 6.07. The van der Waals surface area contributed by atoms with E-state index in [2.05, 4.69) is 15.1 Å². The molecule has 33 heavy (non-hydrogen) atoms. The fourth-order valence-corrected chi connectivity index (χ4v) is 4.28. The van der Waals surface area contributed by atoms with E-state index < -0.39 is 9.85 Å². The maximum Gasteiger partial charge on any atom is 0.269 e. The molecule has 0 radical (unpaired) electrons. The maximum atomic E-state index is 13.0. The van der Waals surface area contributed by atoms with Gasteiger partial charge in [-0.25, -0.2) is 0 Å². The molecule has 0 amide bonds. The van der Waals surface area contributed by atoms with Crippen LogP contribution in [0.5, 0.6) is 0 Å². The van der Waals surface area contributed by atoms with Crippen molar-refractivity contribution in [2.24, 2.45) is 10.2 Å². The minimum absolute atomic E-state index is 0.0468. The minimum Gasteiger partial charge on any atom is -0.378 e. The van der Waals surface area contributed by atoms with E-state index in [1.807, 2.05) is 0 Å². The molecule has 1 aliphatic rings. The van der Waals surface area contributed by atoms with Crippen LogP contribution >= 0.6 is 11.3 Å². The summed E-state index contributed by atoms with van der Waals surface area (Å²) in [5.41, 5.74) is 1.11. The number of morpholine rings is 1. The summed E-state index contributed by atoms with van der Waals surface area (Å²) in [6, 6.07) is 12.7. The van der Waals surface area contributed by atoms with E-state index in [9.17, 15) is 25.0 Å². The maximum absolute atomic E-state index is 13.0. The van der Waals surface area contributed by atoms with Gasteiger partial charge in [-0.2, -0.15) is 5.11 Å². The molecular weight excluding hydrogens is 450 g/mol. The van der Waals surface area contributed by atoms with Gasteiger partial charge in [0, 0.05) is 42.9 Å². The number of benzene rings is 2. The topological polar surface area (TPSA) is 141 Å². The van der Waals surface area contributed by atoms with Crippen LogP contribution in [-0.4, -0.2) is 41.9 Å². The monoisotopic (exact) mass is 467 g/mol. The van der Waals surface area contributed by atoms with E-state index in [-0.39, 0.29) is 17.2 Å². The average Bonchev–Trinajstić information content (AvgIpc) is 3.27. The molecule has 3 aromatic rings. The molecular formula is C21H17N5O6S. The smallest absolute Gasteiger partial charge is 0.269 e. The molecule has 0 N–H and O–H groups in total. The van der Waals surface area contributed by atoms with Crippen molar-refractivity contribution < 1.29 is 19.4 Å². The molecule has 4 rings (SSSR count). The highest BCUT2D eigenvalue weighted by Crippen LogP contribution is 2.40. The number of ether oxygens (including phenoxy) is 1. The van der Waals surface area contributed by atoms with Crippen LogP contribution < -0.4 is 4.90 Å². The summed E-state index contributed by atoms with van der Waals surface area (Å²) in [5, 5.41) is 30.9. The van der Waals surface area contributed by atoms with Crippen molar-refractivity contribution in [3.8, 4) is 0 Å². The highest BCUT2D eigenvalue weighted by molar-refractivity contribution is 7.18. The van der Waals surface area contributed by atoms with Gasteiger partial charge in [0.05, 0.1) is 33.6 Å². The number of ketones is 1. The van der Waals surface area contributed by atoms with Crippen LogP contribution in [0.1, 0.15) is 15.2 Å². The number of carbonyl (C=O) groups is 1. The van der Waals surface area contributed by atoms with Gasteiger partial charge < -0.3 is 9.64 Å². The number of carbonyl (C=O) groups excluding carboxylic acids is 1. The van der Waals surface area contributed by atoms with Gasteiger partial charge in [-0.3, -0.25) is 25.0 Å². The number of thiophene rings is 1. The Morgan fingerprint density at radius 2 is 1.48 bits per heavy atom. The molecule has 0 aliphatic carbocycles. The molecule has 0 unspecified atom stereocenters. The zero-order valence-corrected chi connectivity index (χ0v) is 17.9. The van der Waals surface area contributed by atoms with Crippen molar-refractivity contribution in [1.82, 2.24) is 0 Å². The Kier molecular flexibility index (Phi) is 6.47. The number of hydrogen-bond donors (Lipinski definition) is 0. The van der Waals surface area contributed by atoms with Crippen LogP contribution in [0.2, 0.25) is 0 Å². The first-order chi connectivity index (χ1) is 15.9. The number of hydrogen-bond acceptors (Lipinski definition) is 10. The van der Waals surface area contributed by atoms with Gasteiger partial charge in [-0.15, -0.1) is 16.5 Å². The fraction of sp³-hybridized carbons (Fsp3) is 0.190. The summed E-state index contributed by atoms with van der Waals surface area (Å²) in [6.45, 7) is 2.35. The first kappa shape index (κ1) is 22.2. The number of rotatable bonds is 7. The van der Waals surface area contributed by atoms with E-state index in [0.717, 1.165) is 5.00 Å². The number of nitro benzene ring substituents is 2. The Bertz CT molecular complexity index is 1220. The fourth-order valence-electron chi connectivity index (χ4n) is 3.18. The SMILES string of the molecule is O=C(c1ccc([N+](=O)[O-])cc1)c1cc(N=Nc2ccc([N+](=O)[O-])cc2)c(N2CCOCC2)s1. The lowest BCUT2D eigenvalue weighted by Crippen LogP contribution is -2.35. The molecule has 1 aromatic heterocycles. The highest BCUT2D eigenvalue weighted by atomic mass is 32.1. The van der Waals surface area contributed by atoms with Gasteiger partial charge in [0.15, 0.2) is 0 Å². The summed E-state index contributed by atoms with van der Waals surface area (Å²) >= 11 is 1.26. The lowest BCUT2D eigenvalue weighted by Gasteiger charge is -2.27. The van der Waals surface area contributed by atoms with Crippen molar-refractivity contribution >= 4 is 44.9 Å². The second kappa shape index (κ2) is 9.63. The van der Waals surface area contributed by atoms with E-state index in [4.69, 9.17) is 4.74 Å². The Hall–Kier alpha value is -4.03. The Morgan fingerprint density at radius 3 is 2.06 bits per heavy atom. The molecule has 0 atom stereocenters. The molecule has 1 fully saturated rings. The first-order valence-corrected chi connectivity index (χ1v) is 10.7. The molecule has 0 bridgehead atoms. The van der Waals surface area contributed by atoms with E-state index >= 15 is 0 Å². The lowest BCUT2D eigenvalue weighted by molar-refractivity contribution is -0.385. The zero-order chi connectivity index (χ0) is 23.4. The third kappa shape index (κ3) is 5.07. The second-order valence-electron chi connectivity index (χ2n) is 7.01. The molecule has 0 spiro atoms. The lowest BCUT2D eigenvalue weighted by atomic mass is 10.1. The van der Waals surface area contributed by atoms with Crippen LogP contribution in [0, 0.1) is 20.2 Å². The number of nitro groups is 2. The number of azo groups is 1. The second-order valence-corrected chi connectivity index (χ2v) is 8.04. The zero-order valence-electron chi connectivity index (χ0n) is 17.1. The molecule has 1 aliphatic heterocycles. The van der Waals surface area contributed by atoms with Gasteiger partial charge in [-0.05, 0) is 30.3 Å². The van der Waals surface area contributed by atoms with Crippen LogP contribution in [0.15, 0.2) is 64.8 Å². The predicted octanol–water partition coefficient (Wildman–Crippen LogP) is 5.05. The van der Waals surface area contributed by atoms with Crippen molar-refractivity contribution in [2.45, 2.75) is 0 Å². The van der Waals surface area contributed by atoms with Gasteiger partial charge in [-0.1, -0.05) is 0 Å². The van der Waals surface area contributed by atoms with Crippen molar-refractivity contribution in [3.63, 3.8) is 0 Å². The van der Waals surface area contributed by atoms with E-state index in [0.29, 0.717) is 48.1 Å². The van der Waals surface area contributed by atoms with Crippen molar-refractivity contribution in [1.29, 1.82) is 0 Å². The van der Waals surface area contributed by atoms with E-state index in [1.165, 1.54) is 59.9 Å². The first-order valence-electron chi connectivity index (χ1n) is 9.84.